The maximum absolute atomic E-state index is 12.7. The lowest BCUT2D eigenvalue weighted by Gasteiger charge is -2.34. The van der Waals surface area contributed by atoms with Crippen LogP contribution in [-0.2, 0) is 11.2 Å². The fourth-order valence-corrected chi connectivity index (χ4v) is 4.17. The number of hydrogen-bond acceptors (Lipinski definition) is 5. The highest BCUT2D eigenvalue weighted by Gasteiger charge is 2.21. The Kier molecular flexibility index (Phi) is 6.44. The lowest BCUT2D eigenvalue weighted by Crippen LogP contribution is -2.49. The van der Waals surface area contributed by atoms with E-state index in [1.54, 1.807) is 23.7 Å². The molecule has 148 valence electrons. The van der Waals surface area contributed by atoms with E-state index in [4.69, 9.17) is 0 Å². The highest BCUT2D eigenvalue weighted by molar-refractivity contribution is 7.13. The second kappa shape index (κ2) is 9.58. The van der Waals surface area contributed by atoms with Crippen molar-refractivity contribution in [1.82, 2.24) is 19.8 Å². The minimum atomic E-state index is 0.160. The second-order valence-electron chi connectivity index (χ2n) is 7.06. The first-order chi connectivity index (χ1) is 14.3. The summed E-state index contributed by atoms with van der Waals surface area (Å²) in [5.41, 5.74) is 3.05. The van der Waals surface area contributed by atoms with Gasteiger partial charge in [-0.3, -0.25) is 14.7 Å². The fraction of sp³-hybridized carbons (Fsp3) is 0.261. The molecule has 0 spiro atoms. The molecule has 0 unspecified atom stereocenters. The van der Waals surface area contributed by atoms with Gasteiger partial charge < -0.3 is 4.90 Å². The number of carbonyl (C=O) groups excluding carboxylic acids is 1. The van der Waals surface area contributed by atoms with Crippen LogP contribution >= 0.6 is 11.3 Å². The van der Waals surface area contributed by atoms with E-state index < -0.39 is 0 Å². The van der Waals surface area contributed by atoms with Crippen molar-refractivity contribution in [1.29, 1.82) is 0 Å². The van der Waals surface area contributed by atoms with Crippen molar-refractivity contribution in [3.05, 3.63) is 77.6 Å². The van der Waals surface area contributed by atoms with Gasteiger partial charge in [0.2, 0.25) is 5.91 Å². The predicted molar refractivity (Wildman–Crippen MR) is 118 cm³/mol. The molecule has 0 radical (unpaired) electrons. The smallest absolute Gasteiger partial charge is 0.228 e. The standard InChI is InChI=1S/C23H24N4OS/c28-22(16-21-18-29-23(25-21)20-9-4-10-24-17-20)27-14-12-26(13-15-27)11-5-8-19-6-2-1-3-7-19/h1-10,17-18H,11-16H2/b8-5+. The molecule has 1 amide bonds. The highest BCUT2D eigenvalue weighted by atomic mass is 32.1. The molecular weight excluding hydrogens is 380 g/mol. The van der Waals surface area contributed by atoms with Crippen LogP contribution in [0.1, 0.15) is 11.3 Å². The number of thiazole rings is 1. The summed E-state index contributed by atoms with van der Waals surface area (Å²) in [6.07, 6.45) is 8.26. The molecule has 0 N–H and O–H groups in total. The van der Waals surface area contributed by atoms with Gasteiger partial charge in [0.05, 0.1) is 12.1 Å². The Labute approximate surface area is 175 Å². The number of carbonyl (C=O) groups is 1. The molecule has 5 nitrogen and oxygen atoms in total. The van der Waals surface area contributed by atoms with Gasteiger partial charge >= 0.3 is 0 Å². The van der Waals surface area contributed by atoms with E-state index in [2.05, 4.69) is 39.2 Å². The zero-order valence-corrected chi connectivity index (χ0v) is 17.1. The minimum Gasteiger partial charge on any atom is -0.340 e. The number of hydrogen-bond donors (Lipinski definition) is 0. The molecule has 6 heteroatoms. The summed E-state index contributed by atoms with van der Waals surface area (Å²) in [4.78, 5) is 25.7. The monoisotopic (exact) mass is 404 g/mol. The molecule has 0 atom stereocenters. The summed E-state index contributed by atoms with van der Waals surface area (Å²) in [5, 5.41) is 2.89. The van der Waals surface area contributed by atoms with Gasteiger partial charge in [-0.05, 0) is 17.7 Å². The van der Waals surface area contributed by atoms with Crippen molar-refractivity contribution in [3.8, 4) is 10.6 Å². The average Bonchev–Trinajstić information content (AvgIpc) is 3.24. The zero-order chi connectivity index (χ0) is 19.9. The van der Waals surface area contributed by atoms with Crippen LogP contribution in [0.15, 0.2) is 66.3 Å². The normalized spacial score (nSPS) is 15.1. The van der Waals surface area contributed by atoms with Crippen LogP contribution in [0.2, 0.25) is 0 Å². The van der Waals surface area contributed by atoms with Gasteiger partial charge in [-0.1, -0.05) is 42.5 Å². The molecule has 1 fully saturated rings. The Morgan fingerprint density at radius 3 is 2.66 bits per heavy atom. The van der Waals surface area contributed by atoms with Crippen LogP contribution in [0.4, 0.5) is 0 Å². The summed E-state index contributed by atoms with van der Waals surface area (Å²) in [5.74, 6) is 0.160. The predicted octanol–water partition coefficient (Wildman–Crippen LogP) is 3.61. The largest absolute Gasteiger partial charge is 0.340 e. The third-order valence-corrected chi connectivity index (χ3v) is 5.93. The van der Waals surface area contributed by atoms with Crippen molar-refractivity contribution < 1.29 is 4.79 Å². The number of piperazine rings is 1. The Hall–Kier alpha value is -2.83. The van der Waals surface area contributed by atoms with Crippen molar-refractivity contribution in [2.24, 2.45) is 0 Å². The van der Waals surface area contributed by atoms with Crippen LogP contribution in [0, 0.1) is 0 Å². The summed E-state index contributed by atoms with van der Waals surface area (Å²) in [6, 6.07) is 14.2. The van der Waals surface area contributed by atoms with Gasteiger partial charge in [-0.15, -0.1) is 11.3 Å². The SMILES string of the molecule is O=C(Cc1csc(-c2cccnc2)n1)N1CCN(C/C=C/c2ccccc2)CC1. The van der Waals surface area contributed by atoms with Gasteiger partial charge in [0.1, 0.15) is 5.01 Å². The molecule has 3 heterocycles. The molecule has 3 aromatic rings. The molecular formula is C23H24N4OS. The maximum atomic E-state index is 12.7. The number of benzene rings is 1. The molecule has 1 aliphatic rings. The van der Waals surface area contributed by atoms with Gasteiger partial charge in [0.25, 0.3) is 0 Å². The van der Waals surface area contributed by atoms with E-state index in [9.17, 15) is 4.79 Å². The average molecular weight is 405 g/mol. The van der Waals surface area contributed by atoms with E-state index in [1.165, 1.54) is 5.56 Å². The van der Waals surface area contributed by atoms with Crippen LogP contribution in [0.25, 0.3) is 16.6 Å². The van der Waals surface area contributed by atoms with Crippen LogP contribution in [-0.4, -0.2) is 58.4 Å². The van der Waals surface area contributed by atoms with E-state index >= 15 is 0 Å². The second-order valence-corrected chi connectivity index (χ2v) is 7.92. The van der Waals surface area contributed by atoms with Gasteiger partial charge in [-0.25, -0.2) is 4.98 Å². The number of amides is 1. The number of nitrogens with zero attached hydrogens (tertiary/aromatic N) is 4. The van der Waals surface area contributed by atoms with Gasteiger partial charge in [0.15, 0.2) is 0 Å². The molecule has 1 aliphatic heterocycles. The van der Waals surface area contributed by atoms with Gasteiger partial charge in [0, 0.05) is 56.1 Å². The summed E-state index contributed by atoms with van der Waals surface area (Å²) >= 11 is 1.56. The Bertz CT molecular complexity index is 947. The summed E-state index contributed by atoms with van der Waals surface area (Å²) < 4.78 is 0. The molecule has 2 aromatic heterocycles. The minimum absolute atomic E-state index is 0.160. The van der Waals surface area contributed by atoms with E-state index in [-0.39, 0.29) is 5.91 Å². The number of pyridine rings is 1. The topological polar surface area (TPSA) is 49.3 Å². The summed E-state index contributed by atoms with van der Waals surface area (Å²) in [7, 11) is 0. The first-order valence-corrected chi connectivity index (χ1v) is 10.7. The Balaban J connectivity index is 1.24. The van der Waals surface area contributed by atoms with Gasteiger partial charge in [-0.2, -0.15) is 0 Å². The molecule has 1 saturated heterocycles. The first-order valence-electron chi connectivity index (χ1n) is 9.84. The van der Waals surface area contributed by atoms with Crippen LogP contribution in [0.5, 0.6) is 0 Å². The molecule has 1 aromatic carbocycles. The van der Waals surface area contributed by atoms with E-state index in [1.807, 2.05) is 40.6 Å². The molecule has 0 saturated carbocycles. The fourth-order valence-electron chi connectivity index (χ4n) is 3.36. The summed E-state index contributed by atoms with van der Waals surface area (Å²) in [6.45, 7) is 4.28. The van der Waals surface area contributed by atoms with Crippen molar-refractivity contribution in [3.63, 3.8) is 0 Å². The van der Waals surface area contributed by atoms with Crippen molar-refractivity contribution in [2.45, 2.75) is 6.42 Å². The number of aromatic nitrogens is 2. The first kappa shape index (κ1) is 19.5. The third-order valence-electron chi connectivity index (χ3n) is 4.99. The molecule has 0 bridgehead atoms. The maximum Gasteiger partial charge on any atom is 0.228 e. The third kappa shape index (κ3) is 5.37. The van der Waals surface area contributed by atoms with Crippen LogP contribution < -0.4 is 0 Å². The van der Waals surface area contributed by atoms with E-state index in [0.717, 1.165) is 49.0 Å². The van der Waals surface area contributed by atoms with Crippen molar-refractivity contribution in [2.75, 3.05) is 32.7 Å². The number of rotatable bonds is 6. The van der Waals surface area contributed by atoms with E-state index in [0.29, 0.717) is 6.42 Å². The lowest BCUT2D eigenvalue weighted by molar-refractivity contribution is -0.132. The quantitative estimate of drug-likeness (QED) is 0.630. The van der Waals surface area contributed by atoms with Crippen molar-refractivity contribution >= 4 is 23.3 Å². The Morgan fingerprint density at radius 1 is 1.07 bits per heavy atom. The molecule has 29 heavy (non-hydrogen) atoms. The Morgan fingerprint density at radius 2 is 1.90 bits per heavy atom. The molecule has 0 aliphatic carbocycles. The molecule has 4 rings (SSSR count). The zero-order valence-electron chi connectivity index (χ0n) is 16.3. The highest BCUT2D eigenvalue weighted by Crippen LogP contribution is 2.23. The lowest BCUT2D eigenvalue weighted by atomic mass is 10.2. The van der Waals surface area contributed by atoms with Crippen LogP contribution in [0.3, 0.4) is 0 Å².